The highest BCUT2D eigenvalue weighted by atomic mass is 16.5. The predicted molar refractivity (Wildman–Crippen MR) is 117 cm³/mol. The summed E-state index contributed by atoms with van der Waals surface area (Å²) >= 11 is 0. The fourth-order valence-electron chi connectivity index (χ4n) is 5.02. The van der Waals surface area contributed by atoms with Crippen LogP contribution in [-0.2, 0) is 11.3 Å². The summed E-state index contributed by atoms with van der Waals surface area (Å²) in [5.41, 5.74) is 2.57. The van der Waals surface area contributed by atoms with Gasteiger partial charge in [0.05, 0.1) is 18.8 Å². The van der Waals surface area contributed by atoms with Gasteiger partial charge in [-0.25, -0.2) is 0 Å². The lowest BCUT2D eigenvalue weighted by atomic mass is 9.79. The summed E-state index contributed by atoms with van der Waals surface area (Å²) in [6.45, 7) is 6.30. The van der Waals surface area contributed by atoms with Gasteiger partial charge in [0.25, 0.3) is 0 Å². The van der Waals surface area contributed by atoms with E-state index in [0.717, 1.165) is 57.6 Å². The minimum atomic E-state index is -0.0110. The van der Waals surface area contributed by atoms with Gasteiger partial charge in [0, 0.05) is 31.2 Å². The maximum atomic E-state index is 6.83. The van der Waals surface area contributed by atoms with E-state index in [-0.39, 0.29) is 11.7 Å². The minimum absolute atomic E-state index is 0.0110. The van der Waals surface area contributed by atoms with E-state index < -0.39 is 0 Å². The van der Waals surface area contributed by atoms with E-state index in [1.54, 1.807) is 7.11 Å². The van der Waals surface area contributed by atoms with E-state index in [1.165, 1.54) is 11.1 Å². The van der Waals surface area contributed by atoms with Crippen LogP contribution in [0.15, 0.2) is 54.6 Å². The molecule has 4 heteroatoms. The number of benzene rings is 2. The molecule has 2 aliphatic heterocycles. The number of rotatable bonds is 6. The summed E-state index contributed by atoms with van der Waals surface area (Å²) < 4.78 is 12.4. The Morgan fingerprint density at radius 2 is 1.79 bits per heavy atom. The number of ether oxygens (including phenoxy) is 2. The molecule has 2 aliphatic rings. The van der Waals surface area contributed by atoms with Crippen molar-refractivity contribution in [1.29, 1.82) is 0 Å². The highest BCUT2D eigenvalue weighted by Crippen LogP contribution is 2.43. The van der Waals surface area contributed by atoms with Crippen molar-refractivity contribution >= 4 is 0 Å². The Hall–Kier alpha value is -1.88. The third-order valence-corrected chi connectivity index (χ3v) is 6.53. The summed E-state index contributed by atoms with van der Waals surface area (Å²) in [6, 6.07) is 19.6. The summed E-state index contributed by atoms with van der Waals surface area (Å²) in [5.74, 6) is 0.984. The molecule has 2 aromatic rings. The van der Waals surface area contributed by atoms with E-state index in [4.69, 9.17) is 9.47 Å². The minimum Gasteiger partial charge on any atom is -0.496 e. The average molecular weight is 395 g/mol. The quantitative estimate of drug-likeness (QED) is 0.779. The van der Waals surface area contributed by atoms with Crippen LogP contribution in [0.25, 0.3) is 0 Å². The van der Waals surface area contributed by atoms with Crippen molar-refractivity contribution in [3.8, 4) is 5.75 Å². The van der Waals surface area contributed by atoms with Gasteiger partial charge >= 0.3 is 0 Å². The standard InChI is InChI=1S/C25H34N2O2/c1-3-26-22-17-24(20-9-5-4-6-10-20)29-25(18-22)13-15-27(16-14-25)19-21-11-7-8-12-23(21)28-2/h4-12,22,24,26H,3,13-19H2,1-2H3/t22-,24-/m0/s1. The molecule has 1 N–H and O–H groups in total. The fourth-order valence-corrected chi connectivity index (χ4v) is 5.02. The van der Waals surface area contributed by atoms with Crippen molar-refractivity contribution in [2.24, 2.45) is 0 Å². The molecule has 156 valence electrons. The Labute approximate surface area is 175 Å². The second kappa shape index (κ2) is 9.29. The largest absolute Gasteiger partial charge is 0.496 e. The SMILES string of the molecule is CCN[C@H]1C[C@@H](c2ccccc2)OC2(CCN(Cc3ccccc3OC)CC2)C1. The number of nitrogens with zero attached hydrogens (tertiary/aromatic N) is 1. The number of likely N-dealkylation sites (tertiary alicyclic amines) is 1. The molecule has 2 saturated heterocycles. The van der Waals surface area contributed by atoms with Crippen LogP contribution in [0.2, 0.25) is 0 Å². The Kier molecular flexibility index (Phi) is 6.53. The Morgan fingerprint density at radius 3 is 2.52 bits per heavy atom. The van der Waals surface area contributed by atoms with Crippen LogP contribution in [0, 0.1) is 0 Å². The van der Waals surface area contributed by atoms with Crippen molar-refractivity contribution < 1.29 is 9.47 Å². The highest BCUT2D eigenvalue weighted by Gasteiger charge is 2.43. The van der Waals surface area contributed by atoms with Crippen LogP contribution in [0.1, 0.15) is 49.8 Å². The summed E-state index contributed by atoms with van der Waals surface area (Å²) in [4.78, 5) is 2.54. The molecule has 0 radical (unpaired) electrons. The van der Waals surface area contributed by atoms with Crippen molar-refractivity contribution in [2.75, 3.05) is 26.7 Å². The number of para-hydroxylation sites is 1. The van der Waals surface area contributed by atoms with E-state index in [9.17, 15) is 0 Å². The number of nitrogens with one attached hydrogen (secondary N) is 1. The smallest absolute Gasteiger partial charge is 0.123 e. The Balaban J connectivity index is 1.44. The molecule has 0 amide bonds. The normalized spacial score (nSPS) is 24.5. The number of hydrogen-bond donors (Lipinski definition) is 1. The van der Waals surface area contributed by atoms with Gasteiger partial charge in [0.1, 0.15) is 5.75 Å². The van der Waals surface area contributed by atoms with Crippen LogP contribution in [0.3, 0.4) is 0 Å². The first-order valence-electron chi connectivity index (χ1n) is 11.0. The van der Waals surface area contributed by atoms with Crippen LogP contribution < -0.4 is 10.1 Å². The molecule has 2 heterocycles. The van der Waals surface area contributed by atoms with Gasteiger partial charge in [-0.3, -0.25) is 4.90 Å². The molecular weight excluding hydrogens is 360 g/mol. The molecular formula is C25H34N2O2. The van der Waals surface area contributed by atoms with E-state index >= 15 is 0 Å². The lowest BCUT2D eigenvalue weighted by Crippen LogP contribution is -2.53. The van der Waals surface area contributed by atoms with Crippen molar-refractivity contribution in [1.82, 2.24) is 10.2 Å². The molecule has 1 spiro atoms. The Bertz CT molecular complexity index is 771. The van der Waals surface area contributed by atoms with Gasteiger partial charge in [-0.1, -0.05) is 55.5 Å². The lowest BCUT2D eigenvalue weighted by Gasteiger charge is -2.49. The number of methoxy groups -OCH3 is 1. The van der Waals surface area contributed by atoms with Crippen molar-refractivity contribution in [3.63, 3.8) is 0 Å². The molecule has 29 heavy (non-hydrogen) atoms. The van der Waals surface area contributed by atoms with Crippen molar-refractivity contribution in [3.05, 3.63) is 65.7 Å². The fraction of sp³-hybridized carbons (Fsp3) is 0.520. The molecule has 0 aliphatic carbocycles. The summed E-state index contributed by atoms with van der Waals surface area (Å²) in [7, 11) is 1.75. The van der Waals surface area contributed by atoms with Crippen LogP contribution >= 0.6 is 0 Å². The second-order valence-electron chi connectivity index (χ2n) is 8.48. The number of hydrogen-bond acceptors (Lipinski definition) is 4. The van der Waals surface area contributed by atoms with Gasteiger partial charge in [-0.05, 0) is 43.9 Å². The molecule has 2 atom stereocenters. The topological polar surface area (TPSA) is 33.7 Å². The Morgan fingerprint density at radius 1 is 1.07 bits per heavy atom. The zero-order valence-corrected chi connectivity index (χ0v) is 17.8. The molecule has 0 bridgehead atoms. The van der Waals surface area contributed by atoms with Crippen LogP contribution in [0.5, 0.6) is 5.75 Å². The number of piperidine rings is 1. The third-order valence-electron chi connectivity index (χ3n) is 6.53. The van der Waals surface area contributed by atoms with E-state index in [0.29, 0.717) is 6.04 Å². The lowest BCUT2D eigenvalue weighted by molar-refractivity contribution is -0.164. The zero-order chi connectivity index (χ0) is 20.1. The zero-order valence-electron chi connectivity index (χ0n) is 17.8. The summed E-state index contributed by atoms with van der Waals surface area (Å²) in [6.07, 6.45) is 4.55. The predicted octanol–water partition coefficient (Wildman–Crippen LogP) is 4.56. The summed E-state index contributed by atoms with van der Waals surface area (Å²) in [5, 5.41) is 3.71. The maximum Gasteiger partial charge on any atom is 0.123 e. The van der Waals surface area contributed by atoms with Crippen LogP contribution in [0.4, 0.5) is 0 Å². The first kappa shape index (κ1) is 20.4. The highest BCUT2D eigenvalue weighted by molar-refractivity contribution is 5.33. The molecule has 0 aromatic heterocycles. The second-order valence-corrected chi connectivity index (χ2v) is 8.48. The van der Waals surface area contributed by atoms with Crippen molar-refractivity contribution in [2.45, 2.75) is 56.9 Å². The monoisotopic (exact) mass is 394 g/mol. The molecule has 4 nitrogen and oxygen atoms in total. The van der Waals surface area contributed by atoms with Gasteiger partial charge in [0.2, 0.25) is 0 Å². The first-order chi connectivity index (χ1) is 14.2. The maximum absolute atomic E-state index is 6.83. The van der Waals surface area contributed by atoms with Gasteiger partial charge in [-0.2, -0.15) is 0 Å². The van der Waals surface area contributed by atoms with Gasteiger partial charge < -0.3 is 14.8 Å². The van der Waals surface area contributed by atoms with E-state index in [1.807, 2.05) is 6.07 Å². The molecule has 4 rings (SSSR count). The molecule has 2 aromatic carbocycles. The van der Waals surface area contributed by atoms with Crippen LogP contribution in [-0.4, -0.2) is 43.3 Å². The third kappa shape index (κ3) is 4.82. The average Bonchev–Trinajstić information content (AvgIpc) is 2.76. The van der Waals surface area contributed by atoms with Gasteiger partial charge in [0.15, 0.2) is 0 Å². The molecule has 2 fully saturated rings. The first-order valence-corrected chi connectivity index (χ1v) is 11.0. The van der Waals surface area contributed by atoms with Gasteiger partial charge in [-0.15, -0.1) is 0 Å². The molecule has 0 unspecified atom stereocenters. The molecule has 0 saturated carbocycles. The van der Waals surface area contributed by atoms with E-state index in [2.05, 4.69) is 65.7 Å².